The van der Waals surface area contributed by atoms with Crippen molar-refractivity contribution in [1.29, 1.82) is 0 Å². The van der Waals surface area contributed by atoms with Gasteiger partial charge in [-0.05, 0) is 0 Å². The highest BCUT2D eigenvalue weighted by Crippen LogP contribution is 2.24. The highest BCUT2D eigenvalue weighted by atomic mass is 79.9. The van der Waals surface area contributed by atoms with Crippen LogP contribution in [0, 0.1) is 0 Å². The summed E-state index contributed by atoms with van der Waals surface area (Å²) in [5, 5.41) is 8.51. The van der Waals surface area contributed by atoms with Gasteiger partial charge in [-0.1, -0.05) is 11.8 Å². The Morgan fingerprint density at radius 1 is 1.50 bits per heavy atom. The van der Waals surface area contributed by atoms with Gasteiger partial charge >= 0.3 is 0 Å². The van der Waals surface area contributed by atoms with E-state index in [-0.39, 0.29) is 17.0 Å². The first kappa shape index (κ1) is 7.87. The lowest BCUT2D eigenvalue weighted by molar-refractivity contribution is 0.729. The van der Waals surface area contributed by atoms with Crippen molar-refractivity contribution in [2.75, 3.05) is 11.5 Å². The van der Waals surface area contributed by atoms with Gasteiger partial charge in [0.25, 0.3) is 0 Å². The van der Waals surface area contributed by atoms with Crippen LogP contribution >= 0.6 is 28.7 Å². The Labute approximate surface area is 73.0 Å². The second kappa shape index (κ2) is 2.79. The Hall–Kier alpha value is -0.230. The average molecular weight is 223 g/mol. The SMILES string of the molecule is Br.Nc1nnc2n1CCS2. The molecule has 2 rings (SSSR count). The number of thioether (sulfide) groups is 1. The van der Waals surface area contributed by atoms with Gasteiger partial charge in [0.05, 0.1) is 0 Å². The summed E-state index contributed by atoms with van der Waals surface area (Å²) in [6.07, 6.45) is 0. The number of nitrogens with zero attached hydrogens (tertiary/aromatic N) is 3. The number of hydrogen-bond acceptors (Lipinski definition) is 4. The fourth-order valence-electron chi connectivity index (χ4n) is 0.845. The van der Waals surface area contributed by atoms with Crippen LogP contribution in [0.5, 0.6) is 0 Å². The highest BCUT2D eigenvalue weighted by Gasteiger charge is 2.14. The molecule has 0 saturated heterocycles. The summed E-state index contributed by atoms with van der Waals surface area (Å²) in [4.78, 5) is 0. The maximum Gasteiger partial charge on any atom is 0.222 e. The molecule has 0 spiro atoms. The molecule has 1 aromatic rings. The van der Waals surface area contributed by atoms with E-state index in [1.54, 1.807) is 11.8 Å². The monoisotopic (exact) mass is 222 g/mol. The first-order valence-corrected chi connectivity index (χ1v) is 3.68. The van der Waals surface area contributed by atoms with Gasteiger partial charge in [0, 0.05) is 12.3 Å². The van der Waals surface area contributed by atoms with Gasteiger partial charge in [-0.15, -0.1) is 27.2 Å². The van der Waals surface area contributed by atoms with Gasteiger partial charge in [0.2, 0.25) is 5.95 Å². The van der Waals surface area contributed by atoms with Gasteiger partial charge in [-0.2, -0.15) is 0 Å². The Morgan fingerprint density at radius 2 is 2.30 bits per heavy atom. The number of aromatic nitrogens is 3. The number of fused-ring (bicyclic) bond motifs is 1. The van der Waals surface area contributed by atoms with E-state index in [1.165, 1.54) is 0 Å². The van der Waals surface area contributed by atoms with E-state index < -0.39 is 0 Å². The molecule has 4 nitrogen and oxygen atoms in total. The highest BCUT2D eigenvalue weighted by molar-refractivity contribution is 8.93. The Kier molecular flexibility index (Phi) is 2.20. The third-order valence-corrected chi connectivity index (χ3v) is 2.24. The largest absolute Gasteiger partial charge is 0.368 e. The van der Waals surface area contributed by atoms with E-state index in [4.69, 9.17) is 5.73 Å². The quantitative estimate of drug-likeness (QED) is 0.697. The smallest absolute Gasteiger partial charge is 0.222 e. The maximum atomic E-state index is 5.47. The summed E-state index contributed by atoms with van der Waals surface area (Å²) in [5.41, 5.74) is 5.47. The van der Waals surface area contributed by atoms with Crippen molar-refractivity contribution < 1.29 is 0 Å². The first-order chi connectivity index (χ1) is 4.38. The second-order valence-electron chi connectivity index (χ2n) is 1.84. The molecule has 1 aromatic heterocycles. The molecular formula is C4H7BrN4S. The molecular weight excluding hydrogens is 216 g/mol. The normalized spacial score (nSPS) is 14.4. The molecule has 0 aliphatic carbocycles. The summed E-state index contributed by atoms with van der Waals surface area (Å²) in [5.74, 6) is 1.62. The number of rotatable bonds is 0. The average Bonchev–Trinajstić information content (AvgIpc) is 2.35. The van der Waals surface area contributed by atoms with Gasteiger partial charge in [0.1, 0.15) is 0 Å². The van der Waals surface area contributed by atoms with Crippen LogP contribution in [0.25, 0.3) is 0 Å². The minimum Gasteiger partial charge on any atom is -0.368 e. The fourth-order valence-corrected chi connectivity index (χ4v) is 1.74. The predicted molar refractivity (Wildman–Crippen MR) is 45.5 cm³/mol. The number of nitrogens with two attached hydrogens (primary N) is 1. The summed E-state index contributed by atoms with van der Waals surface area (Å²) < 4.78 is 1.92. The van der Waals surface area contributed by atoms with Crippen LogP contribution in [-0.2, 0) is 6.54 Å². The lowest BCUT2D eigenvalue weighted by atomic mass is 10.7. The molecule has 0 bridgehead atoms. The zero-order valence-corrected chi connectivity index (χ0v) is 7.68. The standard InChI is InChI=1S/C4H6N4S.BrH/c5-3-6-7-4-8(3)1-2-9-4;/h1-2H2,(H2,5,6);1H. The third-order valence-electron chi connectivity index (χ3n) is 1.29. The molecule has 0 atom stereocenters. The molecule has 0 aromatic carbocycles. The van der Waals surface area contributed by atoms with Gasteiger partial charge in [-0.25, -0.2) is 0 Å². The zero-order valence-electron chi connectivity index (χ0n) is 5.15. The molecule has 10 heavy (non-hydrogen) atoms. The number of anilines is 1. The Balaban J connectivity index is 0.000000500. The van der Waals surface area contributed by atoms with Gasteiger partial charge in [-0.3, -0.25) is 4.57 Å². The molecule has 6 heteroatoms. The van der Waals surface area contributed by atoms with Gasteiger partial charge in [0.15, 0.2) is 5.16 Å². The van der Waals surface area contributed by atoms with E-state index in [0.29, 0.717) is 5.95 Å². The van der Waals surface area contributed by atoms with E-state index in [1.807, 2.05) is 4.57 Å². The van der Waals surface area contributed by atoms with Crippen molar-refractivity contribution in [1.82, 2.24) is 14.8 Å². The van der Waals surface area contributed by atoms with Crippen molar-refractivity contribution >= 4 is 34.7 Å². The van der Waals surface area contributed by atoms with Crippen LogP contribution < -0.4 is 5.73 Å². The van der Waals surface area contributed by atoms with E-state index in [0.717, 1.165) is 17.5 Å². The van der Waals surface area contributed by atoms with Crippen LogP contribution in [0.15, 0.2) is 5.16 Å². The summed E-state index contributed by atoms with van der Waals surface area (Å²) in [6.45, 7) is 0.957. The molecule has 0 saturated carbocycles. The van der Waals surface area contributed by atoms with Gasteiger partial charge < -0.3 is 5.73 Å². The predicted octanol–water partition coefficient (Wildman–Crippen LogP) is 0.544. The van der Waals surface area contributed by atoms with Crippen LogP contribution in [0.2, 0.25) is 0 Å². The van der Waals surface area contributed by atoms with Crippen molar-refractivity contribution in [2.45, 2.75) is 11.7 Å². The molecule has 1 aliphatic heterocycles. The summed E-state index contributed by atoms with van der Waals surface area (Å²) >= 11 is 1.70. The van der Waals surface area contributed by atoms with Crippen LogP contribution in [-0.4, -0.2) is 20.5 Å². The lowest BCUT2D eigenvalue weighted by Gasteiger charge is -1.91. The number of hydrogen-bond donors (Lipinski definition) is 1. The molecule has 2 N–H and O–H groups in total. The maximum absolute atomic E-state index is 5.47. The lowest BCUT2D eigenvalue weighted by Crippen LogP contribution is -2.00. The van der Waals surface area contributed by atoms with Crippen molar-refractivity contribution in [2.24, 2.45) is 0 Å². The van der Waals surface area contributed by atoms with Crippen LogP contribution in [0.1, 0.15) is 0 Å². The zero-order chi connectivity index (χ0) is 6.27. The minimum absolute atomic E-state index is 0. The van der Waals surface area contributed by atoms with E-state index >= 15 is 0 Å². The molecule has 1 aliphatic rings. The molecule has 56 valence electrons. The van der Waals surface area contributed by atoms with Crippen molar-refractivity contribution in [3.05, 3.63) is 0 Å². The number of nitrogen functional groups attached to an aromatic ring is 1. The van der Waals surface area contributed by atoms with Crippen LogP contribution in [0.4, 0.5) is 5.95 Å². The Bertz CT molecular complexity index is 235. The summed E-state index contributed by atoms with van der Waals surface area (Å²) in [6, 6.07) is 0. The van der Waals surface area contributed by atoms with E-state index in [2.05, 4.69) is 10.2 Å². The third kappa shape index (κ3) is 1.01. The van der Waals surface area contributed by atoms with Crippen LogP contribution in [0.3, 0.4) is 0 Å². The topological polar surface area (TPSA) is 56.7 Å². The van der Waals surface area contributed by atoms with E-state index in [9.17, 15) is 0 Å². The fraction of sp³-hybridized carbons (Fsp3) is 0.500. The Morgan fingerprint density at radius 3 is 3.00 bits per heavy atom. The molecule has 0 unspecified atom stereocenters. The molecule has 0 radical (unpaired) electrons. The second-order valence-corrected chi connectivity index (χ2v) is 2.90. The minimum atomic E-state index is 0. The molecule has 0 fully saturated rings. The summed E-state index contributed by atoms with van der Waals surface area (Å²) in [7, 11) is 0. The number of halogens is 1. The molecule has 0 amide bonds. The van der Waals surface area contributed by atoms with Crippen molar-refractivity contribution in [3.8, 4) is 0 Å². The molecule has 2 heterocycles. The van der Waals surface area contributed by atoms with Crippen molar-refractivity contribution in [3.63, 3.8) is 0 Å². The first-order valence-electron chi connectivity index (χ1n) is 2.69.